The predicted octanol–water partition coefficient (Wildman–Crippen LogP) is 7.17. The van der Waals surface area contributed by atoms with Crippen molar-refractivity contribution >= 4 is 33.3 Å². The Balaban J connectivity index is 2.46. The number of anilines is 1. The molecule has 9 heteroatoms. The van der Waals surface area contributed by atoms with Crippen LogP contribution in [0.2, 0.25) is 5.02 Å². The largest absolute Gasteiger partial charge is 0.479 e. The molecule has 0 saturated carbocycles. The van der Waals surface area contributed by atoms with Crippen LogP contribution in [0, 0.1) is 0 Å². The number of unbranched alkanes of at least 4 members (excludes halogenated alkanes) is 11. The van der Waals surface area contributed by atoms with E-state index < -0.39 is 16.0 Å². The molecule has 0 saturated heterocycles. The van der Waals surface area contributed by atoms with E-state index in [0.29, 0.717) is 23.9 Å². The lowest BCUT2D eigenvalue weighted by atomic mass is 10.1. The Morgan fingerprint density at radius 1 is 0.861 bits per heavy atom. The Labute approximate surface area is 223 Å². The lowest BCUT2D eigenvalue weighted by Gasteiger charge is -2.14. The third-order valence-electron chi connectivity index (χ3n) is 5.66. The number of carbonyl (C=O) groups is 1. The van der Waals surface area contributed by atoms with Crippen molar-refractivity contribution in [2.24, 2.45) is 0 Å². The summed E-state index contributed by atoms with van der Waals surface area (Å²) in [6, 6.07) is 4.37. The maximum Gasteiger partial charge on any atom is 0.336 e. The van der Waals surface area contributed by atoms with E-state index in [2.05, 4.69) is 17.0 Å². The first kappa shape index (κ1) is 32.3. The van der Waals surface area contributed by atoms with Crippen molar-refractivity contribution in [3.05, 3.63) is 35.2 Å². The number of carbonyl (C=O) groups excluding carboxylic acids is 1. The molecule has 0 bridgehead atoms. The first-order valence-electron chi connectivity index (χ1n) is 13.4. The molecule has 0 radical (unpaired) electrons. The van der Waals surface area contributed by atoms with Crippen LogP contribution in [0.5, 0.6) is 0 Å². The van der Waals surface area contributed by atoms with Gasteiger partial charge < -0.3 is 14.8 Å². The molecule has 1 aromatic rings. The summed E-state index contributed by atoms with van der Waals surface area (Å²) in [5.74, 6) is -0.450. The van der Waals surface area contributed by atoms with Crippen molar-refractivity contribution in [1.29, 1.82) is 0 Å². The van der Waals surface area contributed by atoms with Gasteiger partial charge in [-0.15, -0.1) is 0 Å². The molecule has 2 N–H and O–H groups in total. The topological polar surface area (TPSA) is 93.7 Å². The lowest BCUT2D eigenvalue weighted by molar-refractivity contribution is -0.137. The van der Waals surface area contributed by atoms with Gasteiger partial charge in [0.05, 0.1) is 34.9 Å². The Morgan fingerprint density at radius 2 is 1.42 bits per heavy atom. The Kier molecular flexibility index (Phi) is 17.3. The van der Waals surface area contributed by atoms with Crippen LogP contribution in [-0.2, 0) is 24.3 Å². The Morgan fingerprint density at radius 3 is 1.97 bits per heavy atom. The molecule has 1 aromatic carbocycles. The number of halogens is 1. The molecule has 0 amide bonds. The molecule has 0 atom stereocenters. The van der Waals surface area contributed by atoms with Crippen LogP contribution >= 0.6 is 11.6 Å². The number of rotatable bonds is 21. The van der Waals surface area contributed by atoms with Crippen molar-refractivity contribution < 1.29 is 22.7 Å². The van der Waals surface area contributed by atoms with Crippen LogP contribution in [0.1, 0.15) is 97.8 Å². The molecule has 0 aliphatic carbocycles. The van der Waals surface area contributed by atoms with Crippen molar-refractivity contribution in [1.82, 2.24) is 4.72 Å². The highest BCUT2D eigenvalue weighted by Gasteiger charge is 2.16. The first-order valence-corrected chi connectivity index (χ1v) is 15.3. The molecule has 0 unspecified atom stereocenters. The monoisotopic (exact) mass is 544 g/mol. The summed E-state index contributed by atoms with van der Waals surface area (Å²) in [7, 11) is -3.69. The van der Waals surface area contributed by atoms with Crippen molar-refractivity contribution in [2.45, 2.75) is 103 Å². The van der Waals surface area contributed by atoms with Crippen LogP contribution in [0.15, 0.2) is 35.1 Å². The fourth-order valence-electron chi connectivity index (χ4n) is 3.72. The average Bonchev–Trinajstić information content (AvgIpc) is 2.83. The van der Waals surface area contributed by atoms with Crippen molar-refractivity contribution in [2.75, 3.05) is 25.1 Å². The van der Waals surface area contributed by atoms with Crippen LogP contribution in [0.4, 0.5) is 5.69 Å². The number of sulfonamides is 1. The smallest absolute Gasteiger partial charge is 0.336 e. The van der Waals surface area contributed by atoms with Gasteiger partial charge in [-0.1, -0.05) is 89.2 Å². The molecule has 7 nitrogen and oxygen atoms in total. The number of ether oxygens (including phenoxy) is 2. The number of hydrogen-bond donors (Lipinski definition) is 2. The molecule has 0 spiro atoms. The summed E-state index contributed by atoms with van der Waals surface area (Å²) in [5, 5.41) is 3.18. The van der Waals surface area contributed by atoms with Gasteiger partial charge >= 0.3 is 5.97 Å². The lowest BCUT2D eigenvalue weighted by Crippen LogP contribution is -2.25. The molecule has 206 valence electrons. The van der Waals surface area contributed by atoms with Gasteiger partial charge in [0, 0.05) is 6.54 Å². The van der Waals surface area contributed by atoms with Crippen molar-refractivity contribution in [3.8, 4) is 0 Å². The number of nitrogens with one attached hydrogen (secondary N) is 2. The minimum atomic E-state index is -3.69. The molecule has 0 aliphatic heterocycles. The summed E-state index contributed by atoms with van der Waals surface area (Å²) in [4.78, 5) is 11.9. The van der Waals surface area contributed by atoms with Crippen LogP contribution in [0.25, 0.3) is 0 Å². The van der Waals surface area contributed by atoms with Crippen LogP contribution in [0.3, 0.4) is 0 Å². The zero-order chi connectivity index (χ0) is 26.7. The summed E-state index contributed by atoms with van der Waals surface area (Å²) < 4.78 is 38.5. The fraction of sp³-hybridized carbons (Fsp3) is 0.667. The highest BCUT2D eigenvalue weighted by molar-refractivity contribution is 7.89. The molecule has 0 fully saturated rings. The Hall–Kier alpha value is -1.77. The quantitative estimate of drug-likeness (QED) is 0.0737. The minimum absolute atomic E-state index is 0.0836. The maximum atomic E-state index is 12.8. The zero-order valence-electron chi connectivity index (χ0n) is 22.2. The van der Waals surface area contributed by atoms with Gasteiger partial charge in [0.15, 0.2) is 5.88 Å². The highest BCUT2D eigenvalue weighted by Crippen LogP contribution is 2.27. The highest BCUT2D eigenvalue weighted by atomic mass is 35.5. The van der Waals surface area contributed by atoms with Gasteiger partial charge in [-0.25, -0.2) is 17.9 Å². The molecule has 1 rings (SSSR count). The second-order valence-corrected chi connectivity index (χ2v) is 10.9. The molecule has 0 heterocycles. The van der Waals surface area contributed by atoms with Gasteiger partial charge in [-0.3, -0.25) is 0 Å². The van der Waals surface area contributed by atoms with Gasteiger partial charge in [0.25, 0.3) is 0 Å². The molecule has 0 aromatic heterocycles. The average molecular weight is 545 g/mol. The third-order valence-corrected chi connectivity index (χ3v) is 7.45. The summed E-state index contributed by atoms with van der Waals surface area (Å²) in [6.45, 7) is 6.63. The van der Waals surface area contributed by atoms with Crippen molar-refractivity contribution in [3.63, 3.8) is 0 Å². The fourth-order valence-corrected chi connectivity index (χ4v) is 4.98. The van der Waals surface area contributed by atoms with Gasteiger partial charge in [0.2, 0.25) is 10.0 Å². The SMILES string of the molecule is CCCCCCCCCCCCCCNS(=O)(=O)c1ccc(Cl)c(N/C(=C/C(=O)OCC)OCC)c1. The maximum absolute atomic E-state index is 12.8. The zero-order valence-corrected chi connectivity index (χ0v) is 23.8. The predicted molar refractivity (Wildman–Crippen MR) is 148 cm³/mol. The van der Waals surface area contributed by atoms with E-state index >= 15 is 0 Å². The van der Waals surface area contributed by atoms with Gasteiger partial charge in [-0.05, 0) is 38.5 Å². The second-order valence-electron chi connectivity index (χ2n) is 8.75. The summed E-state index contributed by atoms with van der Waals surface area (Å²) in [6.07, 6.45) is 15.9. The van der Waals surface area contributed by atoms with E-state index in [-0.39, 0.29) is 17.4 Å². The summed E-state index contributed by atoms with van der Waals surface area (Å²) in [5.41, 5.74) is 0.314. The first-order chi connectivity index (χ1) is 17.3. The van der Waals surface area contributed by atoms with Gasteiger partial charge in [-0.2, -0.15) is 0 Å². The van der Waals surface area contributed by atoms with Crippen LogP contribution < -0.4 is 10.0 Å². The third kappa shape index (κ3) is 14.1. The van der Waals surface area contributed by atoms with Crippen LogP contribution in [-0.4, -0.2) is 34.1 Å². The van der Waals surface area contributed by atoms with E-state index in [1.54, 1.807) is 13.8 Å². The molecule has 0 aliphatic rings. The number of esters is 1. The van der Waals surface area contributed by atoms with Gasteiger partial charge in [0.1, 0.15) is 0 Å². The minimum Gasteiger partial charge on any atom is -0.479 e. The standard InChI is InChI=1S/C27H45ClN2O5S/c1-4-7-8-9-10-11-12-13-14-15-16-17-20-29-36(32,33)23-18-19-24(28)25(21-23)30-26(34-5-2)22-27(31)35-6-3/h18-19,21-22,29-30H,4-17,20H2,1-3H3/b26-22-. The van der Waals surface area contributed by atoms with E-state index in [1.807, 2.05) is 0 Å². The van der Waals surface area contributed by atoms with E-state index in [4.69, 9.17) is 21.1 Å². The normalized spacial score (nSPS) is 11.9. The number of benzene rings is 1. The van der Waals surface area contributed by atoms with E-state index in [9.17, 15) is 13.2 Å². The molecular formula is C27H45ClN2O5S. The van der Waals surface area contributed by atoms with E-state index in [0.717, 1.165) is 25.3 Å². The molecule has 36 heavy (non-hydrogen) atoms. The molecular weight excluding hydrogens is 500 g/mol. The van der Waals surface area contributed by atoms with E-state index in [1.165, 1.54) is 76.0 Å². The summed E-state index contributed by atoms with van der Waals surface area (Å²) >= 11 is 6.25. The number of hydrogen-bond acceptors (Lipinski definition) is 6. The Bertz CT molecular complexity index is 890. The second kappa shape index (κ2) is 19.4.